The SMILES string of the molecule is CCN(CCCO)CCC(NC)c1ccc(C)cc1. The highest BCUT2D eigenvalue weighted by atomic mass is 16.3. The number of nitrogens with one attached hydrogen (secondary N) is 1. The number of aliphatic hydroxyl groups is 1. The van der Waals surface area contributed by atoms with Crippen molar-refractivity contribution < 1.29 is 5.11 Å². The Balaban J connectivity index is 2.49. The van der Waals surface area contributed by atoms with Crippen LogP contribution in [0.3, 0.4) is 0 Å². The van der Waals surface area contributed by atoms with Gasteiger partial charge >= 0.3 is 0 Å². The lowest BCUT2D eigenvalue weighted by molar-refractivity contribution is 0.223. The molecule has 108 valence electrons. The van der Waals surface area contributed by atoms with Crippen molar-refractivity contribution in [3.63, 3.8) is 0 Å². The van der Waals surface area contributed by atoms with Gasteiger partial charge in [-0.25, -0.2) is 0 Å². The van der Waals surface area contributed by atoms with Crippen LogP contribution in [-0.4, -0.2) is 43.3 Å². The minimum absolute atomic E-state index is 0.282. The van der Waals surface area contributed by atoms with Crippen LogP contribution in [0.5, 0.6) is 0 Å². The van der Waals surface area contributed by atoms with Crippen LogP contribution in [0.2, 0.25) is 0 Å². The van der Waals surface area contributed by atoms with E-state index in [9.17, 15) is 0 Å². The first-order chi connectivity index (χ1) is 9.21. The van der Waals surface area contributed by atoms with E-state index in [0.29, 0.717) is 6.04 Å². The van der Waals surface area contributed by atoms with Gasteiger partial charge in [0.2, 0.25) is 0 Å². The summed E-state index contributed by atoms with van der Waals surface area (Å²) in [6.07, 6.45) is 1.96. The first-order valence-corrected chi connectivity index (χ1v) is 7.28. The number of aliphatic hydroxyl groups excluding tert-OH is 1. The van der Waals surface area contributed by atoms with E-state index in [1.807, 2.05) is 7.05 Å². The van der Waals surface area contributed by atoms with Crippen LogP contribution in [0.1, 0.15) is 36.9 Å². The molecule has 0 aliphatic carbocycles. The maximum absolute atomic E-state index is 8.90. The minimum Gasteiger partial charge on any atom is -0.396 e. The van der Waals surface area contributed by atoms with E-state index >= 15 is 0 Å². The van der Waals surface area contributed by atoms with Crippen LogP contribution in [0.25, 0.3) is 0 Å². The van der Waals surface area contributed by atoms with E-state index in [2.05, 4.69) is 48.3 Å². The third-order valence-corrected chi connectivity index (χ3v) is 3.64. The van der Waals surface area contributed by atoms with Gasteiger partial charge in [-0.3, -0.25) is 0 Å². The van der Waals surface area contributed by atoms with E-state index in [1.54, 1.807) is 0 Å². The summed E-state index contributed by atoms with van der Waals surface area (Å²) >= 11 is 0. The van der Waals surface area contributed by atoms with Crippen molar-refractivity contribution in [3.8, 4) is 0 Å². The Bertz CT molecular complexity index is 337. The number of rotatable bonds is 9. The van der Waals surface area contributed by atoms with E-state index in [1.165, 1.54) is 11.1 Å². The second-order valence-corrected chi connectivity index (χ2v) is 5.05. The van der Waals surface area contributed by atoms with Crippen LogP contribution in [0, 0.1) is 6.92 Å². The quantitative estimate of drug-likeness (QED) is 0.718. The third kappa shape index (κ3) is 5.72. The number of aryl methyl sites for hydroxylation is 1. The molecule has 0 heterocycles. The van der Waals surface area contributed by atoms with Gasteiger partial charge in [0.1, 0.15) is 0 Å². The predicted molar refractivity (Wildman–Crippen MR) is 81.4 cm³/mol. The lowest BCUT2D eigenvalue weighted by Crippen LogP contribution is -2.29. The van der Waals surface area contributed by atoms with Gasteiger partial charge in [0.05, 0.1) is 0 Å². The van der Waals surface area contributed by atoms with Gasteiger partial charge in [0, 0.05) is 19.2 Å². The van der Waals surface area contributed by atoms with Crippen molar-refractivity contribution in [1.82, 2.24) is 10.2 Å². The standard InChI is InChI=1S/C16H28N2O/c1-4-18(11-5-13-19)12-10-16(17-3)15-8-6-14(2)7-9-15/h6-9,16-17,19H,4-5,10-13H2,1-3H3. The Labute approximate surface area is 117 Å². The molecule has 0 spiro atoms. The molecule has 0 saturated heterocycles. The van der Waals surface area contributed by atoms with E-state index in [-0.39, 0.29) is 6.61 Å². The van der Waals surface area contributed by atoms with Gasteiger partial charge in [-0.2, -0.15) is 0 Å². The molecule has 0 bridgehead atoms. The zero-order valence-corrected chi connectivity index (χ0v) is 12.5. The fourth-order valence-corrected chi connectivity index (χ4v) is 2.31. The molecule has 0 saturated carbocycles. The smallest absolute Gasteiger partial charge is 0.0443 e. The molecule has 0 radical (unpaired) electrons. The van der Waals surface area contributed by atoms with Crippen LogP contribution >= 0.6 is 0 Å². The second-order valence-electron chi connectivity index (χ2n) is 5.05. The molecule has 3 heteroatoms. The maximum atomic E-state index is 8.90. The topological polar surface area (TPSA) is 35.5 Å². The Hall–Kier alpha value is -0.900. The van der Waals surface area contributed by atoms with Crippen LogP contribution in [0.4, 0.5) is 0 Å². The molecule has 2 N–H and O–H groups in total. The van der Waals surface area contributed by atoms with Crippen LogP contribution < -0.4 is 5.32 Å². The number of hydrogen-bond donors (Lipinski definition) is 2. The van der Waals surface area contributed by atoms with E-state index < -0.39 is 0 Å². The molecule has 0 aliphatic rings. The highest BCUT2D eigenvalue weighted by Gasteiger charge is 2.11. The van der Waals surface area contributed by atoms with Gasteiger partial charge in [0.25, 0.3) is 0 Å². The van der Waals surface area contributed by atoms with Gasteiger partial charge in [-0.1, -0.05) is 36.8 Å². The van der Waals surface area contributed by atoms with Crippen molar-refractivity contribution in [2.45, 2.75) is 32.7 Å². The monoisotopic (exact) mass is 264 g/mol. The van der Waals surface area contributed by atoms with Crippen LogP contribution in [0.15, 0.2) is 24.3 Å². The summed E-state index contributed by atoms with van der Waals surface area (Å²) < 4.78 is 0. The summed E-state index contributed by atoms with van der Waals surface area (Å²) in [6.45, 7) is 7.67. The molecule has 1 aromatic rings. The largest absolute Gasteiger partial charge is 0.396 e. The Morgan fingerprint density at radius 3 is 2.42 bits per heavy atom. The van der Waals surface area contributed by atoms with Gasteiger partial charge in [0.15, 0.2) is 0 Å². The number of benzene rings is 1. The molecular weight excluding hydrogens is 236 g/mol. The van der Waals surface area contributed by atoms with Crippen molar-refractivity contribution in [3.05, 3.63) is 35.4 Å². The molecule has 1 aromatic carbocycles. The minimum atomic E-state index is 0.282. The summed E-state index contributed by atoms with van der Waals surface area (Å²) in [6, 6.07) is 9.16. The summed E-state index contributed by atoms with van der Waals surface area (Å²) in [4.78, 5) is 2.40. The summed E-state index contributed by atoms with van der Waals surface area (Å²) in [5.41, 5.74) is 2.66. The van der Waals surface area contributed by atoms with Crippen molar-refractivity contribution in [1.29, 1.82) is 0 Å². The average Bonchev–Trinajstić information content (AvgIpc) is 2.44. The second kappa shape index (κ2) is 9.08. The molecule has 3 nitrogen and oxygen atoms in total. The predicted octanol–water partition coefficient (Wildman–Crippen LogP) is 2.35. The summed E-state index contributed by atoms with van der Waals surface area (Å²) in [5, 5.41) is 12.3. The normalized spacial score (nSPS) is 12.9. The third-order valence-electron chi connectivity index (χ3n) is 3.64. The molecule has 0 amide bonds. The van der Waals surface area contributed by atoms with E-state index in [4.69, 9.17) is 5.11 Å². The van der Waals surface area contributed by atoms with Crippen molar-refractivity contribution >= 4 is 0 Å². The molecule has 1 unspecified atom stereocenters. The Morgan fingerprint density at radius 1 is 1.21 bits per heavy atom. The first-order valence-electron chi connectivity index (χ1n) is 7.28. The average molecular weight is 264 g/mol. The van der Waals surface area contributed by atoms with Crippen molar-refractivity contribution in [2.24, 2.45) is 0 Å². The molecule has 0 fully saturated rings. The van der Waals surface area contributed by atoms with Crippen molar-refractivity contribution in [2.75, 3.05) is 33.3 Å². The van der Waals surface area contributed by atoms with E-state index in [0.717, 1.165) is 32.5 Å². The number of nitrogens with zero attached hydrogens (tertiary/aromatic N) is 1. The molecule has 0 aliphatic heterocycles. The zero-order valence-electron chi connectivity index (χ0n) is 12.5. The highest BCUT2D eigenvalue weighted by Crippen LogP contribution is 2.17. The highest BCUT2D eigenvalue weighted by molar-refractivity contribution is 5.24. The van der Waals surface area contributed by atoms with Gasteiger partial charge in [-0.15, -0.1) is 0 Å². The molecular formula is C16H28N2O. The Morgan fingerprint density at radius 2 is 1.89 bits per heavy atom. The number of hydrogen-bond acceptors (Lipinski definition) is 3. The fourth-order valence-electron chi connectivity index (χ4n) is 2.31. The van der Waals surface area contributed by atoms with Gasteiger partial charge < -0.3 is 15.3 Å². The molecule has 1 rings (SSSR count). The lowest BCUT2D eigenvalue weighted by Gasteiger charge is -2.24. The first kappa shape index (κ1) is 16.2. The molecule has 1 atom stereocenters. The maximum Gasteiger partial charge on any atom is 0.0443 e. The van der Waals surface area contributed by atoms with Crippen LogP contribution in [-0.2, 0) is 0 Å². The lowest BCUT2D eigenvalue weighted by atomic mass is 10.0. The zero-order chi connectivity index (χ0) is 14.1. The molecule has 19 heavy (non-hydrogen) atoms. The van der Waals surface area contributed by atoms with Gasteiger partial charge in [-0.05, 0) is 45.5 Å². The molecule has 0 aromatic heterocycles. The fraction of sp³-hybridized carbons (Fsp3) is 0.625. The Kier molecular flexibility index (Phi) is 7.72. The summed E-state index contributed by atoms with van der Waals surface area (Å²) in [7, 11) is 2.02. The summed E-state index contributed by atoms with van der Waals surface area (Å²) in [5.74, 6) is 0.